The van der Waals surface area contributed by atoms with Crippen LogP contribution >= 0.6 is 23.2 Å². The van der Waals surface area contributed by atoms with Crippen molar-refractivity contribution in [3.8, 4) is 5.75 Å². The van der Waals surface area contributed by atoms with E-state index >= 15 is 0 Å². The molecule has 1 aliphatic rings. The number of aryl methyl sites for hydroxylation is 1. The molecule has 0 saturated carbocycles. The van der Waals surface area contributed by atoms with Crippen LogP contribution in [0, 0.1) is 0 Å². The maximum atomic E-state index is 13.5. The van der Waals surface area contributed by atoms with Gasteiger partial charge in [-0.3, -0.25) is 4.79 Å². The summed E-state index contributed by atoms with van der Waals surface area (Å²) in [6, 6.07) is 10.7. The van der Waals surface area contributed by atoms with Crippen molar-refractivity contribution in [2.45, 2.75) is 52.1 Å². The summed E-state index contributed by atoms with van der Waals surface area (Å²) in [5.74, 6) is 0.118. The molecule has 1 saturated heterocycles. The lowest BCUT2D eigenvalue weighted by Gasteiger charge is -2.29. The normalized spacial score (nSPS) is 17.3. The van der Waals surface area contributed by atoms with Crippen LogP contribution in [0.2, 0.25) is 10.0 Å². The summed E-state index contributed by atoms with van der Waals surface area (Å²) in [6.45, 7) is 4.94. The van der Waals surface area contributed by atoms with Gasteiger partial charge in [-0.15, -0.1) is 0 Å². The smallest absolute Gasteiger partial charge is 0.254 e. The molecule has 2 aromatic rings. The molecule has 0 bridgehead atoms. The fraction of sp³-hybridized carbons (Fsp3) is 0.458. The first-order valence-corrected chi connectivity index (χ1v) is 13.5. The minimum absolute atomic E-state index is 0.0362. The number of carbonyl (C=O) groups excluding carboxylic acids is 1. The van der Waals surface area contributed by atoms with E-state index in [1.54, 1.807) is 17.0 Å². The first kappa shape index (κ1) is 24.9. The van der Waals surface area contributed by atoms with Crippen LogP contribution in [0.1, 0.15) is 54.6 Å². The lowest BCUT2D eigenvalue weighted by molar-refractivity contribution is 0.0681. The van der Waals surface area contributed by atoms with Gasteiger partial charge in [-0.25, -0.2) is 8.42 Å². The molecule has 1 aliphatic heterocycles. The molecule has 0 radical (unpaired) electrons. The predicted molar refractivity (Wildman–Crippen MR) is 130 cm³/mol. The highest BCUT2D eigenvalue weighted by atomic mass is 35.5. The number of hydrogen-bond donors (Lipinski definition) is 0. The Morgan fingerprint density at radius 3 is 2.25 bits per heavy atom. The van der Waals surface area contributed by atoms with E-state index in [4.69, 9.17) is 27.9 Å². The van der Waals surface area contributed by atoms with E-state index in [9.17, 15) is 13.2 Å². The summed E-state index contributed by atoms with van der Waals surface area (Å²) >= 11 is 12.8. The zero-order chi connectivity index (χ0) is 23.3. The molecule has 32 heavy (non-hydrogen) atoms. The van der Waals surface area contributed by atoms with Crippen LogP contribution in [0.3, 0.4) is 0 Å². The minimum atomic E-state index is -3.16. The molecule has 8 heteroatoms. The monoisotopic (exact) mass is 497 g/mol. The summed E-state index contributed by atoms with van der Waals surface area (Å²) in [5, 5.41) is 0.534. The van der Waals surface area contributed by atoms with E-state index in [0.29, 0.717) is 30.9 Å². The molecular formula is C24H29Cl2NO4S. The summed E-state index contributed by atoms with van der Waals surface area (Å²) < 4.78 is 29.9. The van der Waals surface area contributed by atoms with E-state index in [2.05, 4.69) is 13.8 Å². The molecule has 0 aromatic heterocycles. The molecule has 2 aromatic carbocycles. The zero-order valence-electron chi connectivity index (χ0n) is 18.4. The van der Waals surface area contributed by atoms with Gasteiger partial charge in [-0.2, -0.15) is 0 Å². The number of rotatable bonds is 9. The first-order chi connectivity index (χ1) is 15.2. The second-order valence-corrected chi connectivity index (χ2v) is 11.2. The van der Waals surface area contributed by atoms with E-state index < -0.39 is 15.9 Å². The highest BCUT2D eigenvalue weighted by Gasteiger charge is 2.35. The van der Waals surface area contributed by atoms with Crippen LogP contribution in [0.4, 0.5) is 0 Å². The molecule has 0 spiro atoms. The summed E-state index contributed by atoms with van der Waals surface area (Å²) in [6.07, 6.45) is 3.19. The molecule has 1 amide bonds. The van der Waals surface area contributed by atoms with Crippen molar-refractivity contribution in [1.29, 1.82) is 0 Å². The molecule has 3 rings (SSSR count). The maximum absolute atomic E-state index is 13.5. The number of amides is 1. The Balaban J connectivity index is 1.89. The molecule has 174 valence electrons. The summed E-state index contributed by atoms with van der Waals surface area (Å²) in [5.41, 5.74) is 2.46. The lowest BCUT2D eigenvalue weighted by atomic mass is 10.1. The number of carbonyl (C=O) groups is 1. The van der Waals surface area contributed by atoms with Crippen LogP contribution in [0.15, 0.2) is 36.4 Å². The van der Waals surface area contributed by atoms with E-state index in [1.807, 2.05) is 24.3 Å². The van der Waals surface area contributed by atoms with Crippen LogP contribution < -0.4 is 4.74 Å². The summed E-state index contributed by atoms with van der Waals surface area (Å²) in [7, 11) is -3.16. The molecule has 5 nitrogen and oxygen atoms in total. The van der Waals surface area contributed by atoms with Gasteiger partial charge in [-0.05, 0) is 42.5 Å². The Labute approximate surface area is 200 Å². The number of sulfone groups is 1. The van der Waals surface area contributed by atoms with Gasteiger partial charge < -0.3 is 9.64 Å². The van der Waals surface area contributed by atoms with Gasteiger partial charge in [0.15, 0.2) is 15.6 Å². The van der Waals surface area contributed by atoms with Crippen LogP contribution in [-0.4, -0.2) is 43.4 Å². The Kier molecular flexibility index (Phi) is 8.48. The van der Waals surface area contributed by atoms with Crippen molar-refractivity contribution in [2.24, 2.45) is 0 Å². The van der Waals surface area contributed by atoms with Crippen LogP contribution in [0.5, 0.6) is 5.75 Å². The third-order valence-corrected chi connectivity index (χ3v) is 8.00. The number of hydrogen-bond acceptors (Lipinski definition) is 4. The average molecular weight is 498 g/mol. The molecular weight excluding hydrogens is 469 g/mol. The van der Waals surface area contributed by atoms with Crippen molar-refractivity contribution < 1.29 is 17.9 Å². The lowest BCUT2D eigenvalue weighted by Crippen LogP contribution is -2.40. The van der Waals surface area contributed by atoms with Crippen LogP contribution in [-0.2, 0) is 22.8 Å². The molecule has 0 N–H and O–H groups in total. The number of benzene rings is 2. The molecule has 1 heterocycles. The van der Waals surface area contributed by atoms with Crippen molar-refractivity contribution in [1.82, 2.24) is 4.90 Å². The second kappa shape index (κ2) is 10.9. The van der Waals surface area contributed by atoms with Crippen molar-refractivity contribution in [3.05, 3.63) is 63.1 Å². The fourth-order valence-electron chi connectivity index (χ4n) is 3.77. The Morgan fingerprint density at radius 2 is 1.72 bits per heavy atom. The largest absolute Gasteiger partial charge is 0.490 e. The number of halogens is 2. The quantitative estimate of drug-likeness (QED) is 0.425. The van der Waals surface area contributed by atoms with E-state index in [0.717, 1.165) is 24.8 Å². The topological polar surface area (TPSA) is 63.7 Å². The fourth-order valence-corrected chi connectivity index (χ4v) is 6.10. The average Bonchev–Trinajstić information content (AvgIpc) is 3.13. The van der Waals surface area contributed by atoms with Crippen molar-refractivity contribution >= 4 is 38.9 Å². The first-order valence-electron chi connectivity index (χ1n) is 10.9. The van der Waals surface area contributed by atoms with Gasteiger partial charge >= 0.3 is 0 Å². The van der Waals surface area contributed by atoms with E-state index in [-0.39, 0.29) is 27.5 Å². The van der Waals surface area contributed by atoms with Crippen LogP contribution in [0.25, 0.3) is 0 Å². The highest BCUT2D eigenvalue weighted by molar-refractivity contribution is 7.91. The van der Waals surface area contributed by atoms with Crippen molar-refractivity contribution in [2.75, 3.05) is 18.1 Å². The summed E-state index contributed by atoms with van der Waals surface area (Å²) in [4.78, 5) is 15.1. The highest BCUT2D eigenvalue weighted by Crippen LogP contribution is 2.35. The Bertz CT molecular complexity index is 1030. The third-order valence-electron chi connectivity index (χ3n) is 5.68. The van der Waals surface area contributed by atoms with E-state index in [1.165, 1.54) is 5.56 Å². The molecule has 1 fully saturated rings. The standard InChI is InChI=1S/C24H29Cl2NO4S/c1-3-5-11-31-23-21(25)13-19(14-22(23)26)24(28)27(20-10-12-32(29,30)16-20)15-18-8-6-17(4-2)7-9-18/h6-9,13-14,20H,3-5,10-12,15-16H2,1-2H3. The number of nitrogens with zero attached hydrogens (tertiary/aromatic N) is 1. The Morgan fingerprint density at radius 1 is 1.09 bits per heavy atom. The van der Waals surface area contributed by atoms with Gasteiger partial charge in [0.05, 0.1) is 28.2 Å². The van der Waals surface area contributed by atoms with Crippen molar-refractivity contribution in [3.63, 3.8) is 0 Å². The maximum Gasteiger partial charge on any atom is 0.254 e. The number of ether oxygens (including phenoxy) is 1. The minimum Gasteiger partial charge on any atom is -0.490 e. The second-order valence-electron chi connectivity index (χ2n) is 8.13. The molecule has 1 unspecified atom stereocenters. The van der Waals surface area contributed by atoms with Gasteiger partial charge in [0.2, 0.25) is 0 Å². The SMILES string of the molecule is CCCCOc1c(Cl)cc(C(=O)N(Cc2ccc(CC)cc2)C2CCS(=O)(=O)C2)cc1Cl. The predicted octanol–water partition coefficient (Wildman–Crippen LogP) is 5.56. The molecule has 1 atom stereocenters. The van der Waals surface area contributed by atoms with Gasteiger partial charge in [-0.1, -0.05) is 67.7 Å². The molecule has 0 aliphatic carbocycles. The number of unbranched alkanes of at least 4 members (excludes halogenated alkanes) is 1. The van der Waals surface area contributed by atoms with Gasteiger partial charge in [0, 0.05) is 18.2 Å². The zero-order valence-corrected chi connectivity index (χ0v) is 20.8. The van der Waals surface area contributed by atoms with Gasteiger partial charge in [0.1, 0.15) is 0 Å². The third kappa shape index (κ3) is 6.18. The van der Waals surface area contributed by atoms with Gasteiger partial charge in [0.25, 0.3) is 5.91 Å². The Hall–Kier alpha value is -1.76.